The van der Waals surface area contributed by atoms with Crippen LogP contribution in [0.3, 0.4) is 0 Å². The summed E-state index contributed by atoms with van der Waals surface area (Å²) in [6, 6.07) is 5.97. The molecule has 0 radical (unpaired) electrons. The first-order valence-corrected chi connectivity index (χ1v) is 7.58. The number of benzene rings is 1. The van der Waals surface area contributed by atoms with Crippen molar-refractivity contribution in [3.8, 4) is 0 Å². The molecule has 0 unspecified atom stereocenters. The number of hydrogen-bond acceptors (Lipinski definition) is 3. The molecule has 5 heteroatoms. The summed E-state index contributed by atoms with van der Waals surface area (Å²) in [5.41, 5.74) is 3.08. The molecular formula is C17H27N3O2. The number of amides is 2. The molecule has 2 amide bonds. The van der Waals surface area contributed by atoms with Crippen molar-refractivity contribution in [1.29, 1.82) is 0 Å². The van der Waals surface area contributed by atoms with E-state index in [1.54, 1.807) is 4.90 Å². The topological polar surface area (TPSA) is 52.7 Å². The molecule has 0 aliphatic carbocycles. The van der Waals surface area contributed by atoms with Gasteiger partial charge in [-0.2, -0.15) is 0 Å². The van der Waals surface area contributed by atoms with Crippen LogP contribution in [0.25, 0.3) is 0 Å². The first-order chi connectivity index (χ1) is 10.3. The molecule has 0 aliphatic heterocycles. The smallest absolute Gasteiger partial charge is 0.223 e. The molecule has 122 valence electrons. The Hall–Kier alpha value is -1.88. The van der Waals surface area contributed by atoms with Crippen LogP contribution in [-0.2, 0) is 9.59 Å². The Balaban J connectivity index is 2.62. The summed E-state index contributed by atoms with van der Waals surface area (Å²) in [7, 11) is 3.92. The molecule has 22 heavy (non-hydrogen) atoms. The van der Waals surface area contributed by atoms with Crippen LogP contribution >= 0.6 is 0 Å². The van der Waals surface area contributed by atoms with Gasteiger partial charge in [-0.3, -0.25) is 9.59 Å². The third-order valence-electron chi connectivity index (χ3n) is 3.47. The van der Waals surface area contributed by atoms with Gasteiger partial charge in [0.2, 0.25) is 11.8 Å². The fraction of sp³-hybridized carbons (Fsp3) is 0.529. The largest absolute Gasteiger partial charge is 0.355 e. The Morgan fingerprint density at radius 1 is 1.14 bits per heavy atom. The number of hydrogen-bond donors (Lipinski definition) is 1. The summed E-state index contributed by atoms with van der Waals surface area (Å²) >= 11 is 0. The fourth-order valence-electron chi connectivity index (χ4n) is 2.28. The summed E-state index contributed by atoms with van der Waals surface area (Å²) in [5.74, 6) is -0.0779. The normalized spacial score (nSPS) is 10.6. The van der Waals surface area contributed by atoms with Crippen LogP contribution in [0.4, 0.5) is 5.69 Å². The van der Waals surface area contributed by atoms with Gasteiger partial charge in [-0.25, -0.2) is 0 Å². The first kappa shape index (κ1) is 18.2. The third kappa shape index (κ3) is 5.85. The van der Waals surface area contributed by atoms with E-state index in [0.29, 0.717) is 19.5 Å². The minimum atomic E-state index is -0.0481. The highest BCUT2D eigenvalue weighted by Gasteiger charge is 2.15. The maximum absolute atomic E-state index is 11.9. The van der Waals surface area contributed by atoms with E-state index in [1.165, 1.54) is 6.92 Å². The Kier molecular flexibility index (Phi) is 7.05. The zero-order chi connectivity index (χ0) is 16.7. The third-order valence-corrected chi connectivity index (χ3v) is 3.47. The lowest BCUT2D eigenvalue weighted by Crippen LogP contribution is -2.36. The molecule has 0 bridgehead atoms. The molecule has 0 aliphatic rings. The molecule has 1 aromatic carbocycles. The molecule has 0 saturated heterocycles. The monoisotopic (exact) mass is 305 g/mol. The van der Waals surface area contributed by atoms with Gasteiger partial charge in [-0.05, 0) is 39.6 Å². The lowest BCUT2D eigenvalue weighted by molar-refractivity contribution is -0.121. The Morgan fingerprint density at radius 3 is 2.36 bits per heavy atom. The minimum absolute atomic E-state index is 0.0298. The van der Waals surface area contributed by atoms with Gasteiger partial charge in [0.15, 0.2) is 0 Å². The lowest BCUT2D eigenvalue weighted by atomic mass is 10.1. The summed E-state index contributed by atoms with van der Waals surface area (Å²) < 4.78 is 0. The van der Waals surface area contributed by atoms with Crippen LogP contribution < -0.4 is 10.2 Å². The Labute approximate surface area is 133 Å². The molecule has 0 aromatic heterocycles. The molecule has 1 rings (SSSR count). The number of carbonyl (C=O) groups is 2. The van der Waals surface area contributed by atoms with Gasteiger partial charge >= 0.3 is 0 Å². The van der Waals surface area contributed by atoms with E-state index in [9.17, 15) is 9.59 Å². The van der Waals surface area contributed by atoms with Crippen molar-refractivity contribution in [3.05, 3.63) is 29.3 Å². The van der Waals surface area contributed by atoms with Gasteiger partial charge in [0, 0.05) is 38.7 Å². The quantitative estimate of drug-likeness (QED) is 0.834. The van der Waals surface area contributed by atoms with Crippen molar-refractivity contribution in [1.82, 2.24) is 10.2 Å². The van der Waals surface area contributed by atoms with Crippen LogP contribution in [0.15, 0.2) is 18.2 Å². The lowest BCUT2D eigenvalue weighted by Gasteiger charge is -2.23. The highest BCUT2D eigenvalue weighted by atomic mass is 16.2. The van der Waals surface area contributed by atoms with Crippen LogP contribution in [0.5, 0.6) is 0 Å². The van der Waals surface area contributed by atoms with E-state index in [0.717, 1.165) is 23.4 Å². The van der Waals surface area contributed by atoms with Crippen LogP contribution in [0.2, 0.25) is 0 Å². The number of aryl methyl sites for hydroxylation is 2. The molecule has 0 atom stereocenters. The average Bonchev–Trinajstić information content (AvgIpc) is 2.40. The van der Waals surface area contributed by atoms with E-state index in [4.69, 9.17) is 0 Å². The second-order valence-electron chi connectivity index (χ2n) is 5.86. The molecule has 0 heterocycles. The van der Waals surface area contributed by atoms with Gasteiger partial charge in [0.25, 0.3) is 0 Å². The number of nitrogens with zero attached hydrogens (tertiary/aromatic N) is 2. The Bertz CT molecular complexity index is 527. The maximum atomic E-state index is 11.9. The predicted molar refractivity (Wildman–Crippen MR) is 90.1 cm³/mol. The highest BCUT2D eigenvalue weighted by molar-refractivity contribution is 5.93. The van der Waals surface area contributed by atoms with Crippen molar-refractivity contribution < 1.29 is 9.59 Å². The number of rotatable bonds is 7. The van der Waals surface area contributed by atoms with Crippen molar-refractivity contribution in [2.24, 2.45) is 0 Å². The number of nitrogens with one attached hydrogen (secondary N) is 1. The second-order valence-corrected chi connectivity index (χ2v) is 5.86. The molecular weight excluding hydrogens is 278 g/mol. The highest BCUT2D eigenvalue weighted by Crippen LogP contribution is 2.21. The van der Waals surface area contributed by atoms with Gasteiger partial charge in [-0.15, -0.1) is 0 Å². The van der Waals surface area contributed by atoms with Crippen molar-refractivity contribution in [2.75, 3.05) is 38.6 Å². The number of likely N-dealkylation sites (N-methyl/N-ethyl adjacent to an activating group) is 1. The number of anilines is 1. The maximum Gasteiger partial charge on any atom is 0.223 e. The summed E-state index contributed by atoms with van der Waals surface area (Å²) in [5, 5.41) is 2.86. The first-order valence-electron chi connectivity index (χ1n) is 7.58. The summed E-state index contributed by atoms with van der Waals surface area (Å²) in [6.45, 7) is 7.35. The molecule has 1 aromatic rings. The molecule has 0 saturated carbocycles. The number of carbonyl (C=O) groups excluding carboxylic acids is 2. The van der Waals surface area contributed by atoms with Crippen LogP contribution in [-0.4, -0.2) is 50.4 Å². The minimum Gasteiger partial charge on any atom is -0.355 e. The van der Waals surface area contributed by atoms with E-state index in [-0.39, 0.29) is 11.8 Å². The van der Waals surface area contributed by atoms with E-state index < -0.39 is 0 Å². The van der Waals surface area contributed by atoms with Crippen molar-refractivity contribution in [2.45, 2.75) is 27.2 Å². The summed E-state index contributed by atoms with van der Waals surface area (Å²) in [4.78, 5) is 27.4. The van der Waals surface area contributed by atoms with Gasteiger partial charge < -0.3 is 15.1 Å². The molecule has 5 nitrogen and oxygen atoms in total. The van der Waals surface area contributed by atoms with Crippen molar-refractivity contribution >= 4 is 17.5 Å². The zero-order valence-electron chi connectivity index (χ0n) is 14.3. The van der Waals surface area contributed by atoms with Gasteiger partial charge in [0.1, 0.15) is 0 Å². The zero-order valence-corrected chi connectivity index (χ0v) is 14.3. The summed E-state index contributed by atoms with van der Waals surface area (Å²) in [6.07, 6.45) is 0.306. The Morgan fingerprint density at radius 2 is 1.82 bits per heavy atom. The molecule has 1 N–H and O–H groups in total. The second kappa shape index (κ2) is 8.54. The van der Waals surface area contributed by atoms with E-state index >= 15 is 0 Å². The molecule has 0 fully saturated rings. The standard InChI is InChI=1S/C17H27N3O2/c1-13-6-7-16(14(2)12-13)20(15(3)21)10-8-17(22)18-9-11-19(4)5/h6-7,12H,8-11H2,1-5H3,(H,18,22). The van der Waals surface area contributed by atoms with Gasteiger partial charge in [-0.1, -0.05) is 17.7 Å². The SMILES string of the molecule is CC(=O)N(CCC(=O)NCCN(C)C)c1ccc(C)cc1C. The predicted octanol–water partition coefficient (Wildman–Crippen LogP) is 1.72. The van der Waals surface area contributed by atoms with E-state index in [2.05, 4.69) is 5.32 Å². The van der Waals surface area contributed by atoms with Crippen LogP contribution in [0, 0.1) is 13.8 Å². The molecule has 0 spiro atoms. The van der Waals surface area contributed by atoms with E-state index in [1.807, 2.05) is 51.0 Å². The van der Waals surface area contributed by atoms with Gasteiger partial charge in [0.05, 0.1) is 0 Å². The van der Waals surface area contributed by atoms with Crippen LogP contribution in [0.1, 0.15) is 24.5 Å². The fourth-order valence-corrected chi connectivity index (χ4v) is 2.28. The van der Waals surface area contributed by atoms with Crippen molar-refractivity contribution in [3.63, 3.8) is 0 Å². The average molecular weight is 305 g/mol.